The molecule has 0 spiro atoms. The van der Waals surface area contributed by atoms with E-state index in [0.29, 0.717) is 24.7 Å². The van der Waals surface area contributed by atoms with Gasteiger partial charge in [-0.15, -0.1) is 21.5 Å². The van der Waals surface area contributed by atoms with Crippen LogP contribution in [0.1, 0.15) is 28.8 Å². The van der Waals surface area contributed by atoms with Crippen molar-refractivity contribution in [2.45, 2.75) is 32.4 Å². The van der Waals surface area contributed by atoms with E-state index < -0.39 is 0 Å². The molecule has 0 bridgehead atoms. The third kappa shape index (κ3) is 4.97. The minimum absolute atomic E-state index is 0.0642. The van der Waals surface area contributed by atoms with Crippen LogP contribution in [0.25, 0.3) is 10.8 Å². The molecule has 0 aliphatic rings. The monoisotopic (exact) mass is 407 g/mol. The summed E-state index contributed by atoms with van der Waals surface area (Å²) in [5.41, 5.74) is 1.04. The van der Waals surface area contributed by atoms with Crippen molar-refractivity contribution in [3.05, 3.63) is 77.5 Å². The second kappa shape index (κ2) is 8.83. The van der Waals surface area contributed by atoms with Crippen LogP contribution in [0, 0.1) is 6.92 Å². The number of nitrogens with one attached hydrogen (secondary N) is 1. The molecule has 7 nitrogen and oxygen atoms in total. The third-order valence-electron chi connectivity index (χ3n) is 4.47. The fourth-order valence-corrected chi connectivity index (χ4v) is 3.80. The summed E-state index contributed by atoms with van der Waals surface area (Å²) in [6.07, 6.45) is 6.03. The van der Waals surface area contributed by atoms with Crippen molar-refractivity contribution in [1.29, 1.82) is 0 Å². The molecular weight excluding hydrogens is 386 g/mol. The molecule has 1 atom stereocenters. The number of aryl methyl sites for hydroxylation is 2. The lowest BCUT2D eigenvalue weighted by Crippen LogP contribution is -2.31. The van der Waals surface area contributed by atoms with Crippen LogP contribution in [0.4, 0.5) is 0 Å². The lowest BCUT2D eigenvalue weighted by atomic mass is 10.1. The van der Waals surface area contributed by atoms with E-state index in [9.17, 15) is 4.79 Å². The molecule has 8 heteroatoms. The van der Waals surface area contributed by atoms with Gasteiger partial charge >= 0.3 is 0 Å². The summed E-state index contributed by atoms with van der Waals surface area (Å²) in [5, 5.41) is 11.3. The van der Waals surface area contributed by atoms with Gasteiger partial charge in [-0.3, -0.25) is 4.79 Å². The van der Waals surface area contributed by atoms with Crippen LogP contribution in [-0.4, -0.2) is 25.7 Å². The summed E-state index contributed by atoms with van der Waals surface area (Å²) in [6, 6.07) is 13.7. The number of benzene rings is 1. The van der Waals surface area contributed by atoms with Crippen molar-refractivity contribution in [3.63, 3.8) is 0 Å². The Bertz CT molecular complexity index is 1060. The molecule has 3 heterocycles. The first-order valence-corrected chi connectivity index (χ1v) is 10.2. The number of amides is 1. The standard InChI is InChI=1S/C21H21N5O2S/c1-15-7-8-18(29-15)21-25-24-20(28-21)10-9-19(27)23-17(13-26-12-11-22-14-26)16-5-3-2-4-6-16/h2-8,11-12,14,17H,9-10,13H2,1H3,(H,23,27)/t17-/m1/s1. The van der Waals surface area contributed by atoms with Crippen LogP contribution in [-0.2, 0) is 17.8 Å². The molecule has 0 aliphatic heterocycles. The maximum absolute atomic E-state index is 12.6. The van der Waals surface area contributed by atoms with Gasteiger partial charge in [0, 0.05) is 36.7 Å². The summed E-state index contributed by atoms with van der Waals surface area (Å²) >= 11 is 1.60. The Kier molecular flexibility index (Phi) is 5.81. The highest BCUT2D eigenvalue weighted by atomic mass is 32.1. The van der Waals surface area contributed by atoms with Gasteiger partial charge in [0.05, 0.1) is 17.2 Å². The van der Waals surface area contributed by atoms with Gasteiger partial charge in [-0.05, 0) is 24.6 Å². The lowest BCUT2D eigenvalue weighted by Gasteiger charge is -2.19. The summed E-state index contributed by atoms with van der Waals surface area (Å²) < 4.78 is 7.65. The van der Waals surface area contributed by atoms with Gasteiger partial charge in [0.15, 0.2) is 0 Å². The predicted molar refractivity (Wildman–Crippen MR) is 110 cm³/mol. The van der Waals surface area contributed by atoms with Crippen LogP contribution < -0.4 is 5.32 Å². The molecule has 3 aromatic heterocycles. The second-order valence-electron chi connectivity index (χ2n) is 6.70. The Morgan fingerprint density at radius 3 is 2.79 bits per heavy atom. The first-order chi connectivity index (χ1) is 14.2. The summed E-state index contributed by atoms with van der Waals surface area (Å²) in [4.78, 5) is 18.8. The van der Waals surface area contributed by atoms with Crippen molar-refractivity contribution in [2.75, 3.05) is 0 Å². The van der Waals surface area contributed by atoms with Gasteiger partial charge in [0.1, 0.15) is 0 Å². The Morgan fingerprint density at radius 2 is 2.07 bits per heavy atom. The Balaban J connectivity index is 1.37. The van der Waals surface area contributed by atoms with Gasteiger partial charge < -0.3 is 14.3 Å². The quantitative estimate of drug-likeness (QED) is 0.480. The molecule has 4 aromatic rings. The van der Waals surface area contributed by atoms with E-state index in [1.165, 1.54) is 4.88 Å². The van der Waals surface area contributed by atoms with E-state index in [1.807, 2.05) is 60.2 Å². The average Bonchev–Trinajstić information content (AvgIpc) is 3.48. The number of imidazole rings is 1. The van der Waals surface area contributed by atoms with Crippen molar-refractivity contribution in [3.8, 4) is 10.8 Å². The fraction of sp³-hybridized carbons (Fsp3) is 0.238. The van der Waals surface area contributed by atoms with Crippen molar-refractivity contribution < 1.29 is 9.21 Å². The summed E-state index contributed by atoms with van der Waals surface area (Å²) in [7, 11) is 0. The summed E-state index contributed by atoms with van der Waals surface area (Å²) in [5.74, 6) is 0.901. The largest absolute Gasteiger partial charge is 0.420 e. The minimum atomic E-state index is -0.148. The van der Waals surface area contributed by atoms with E-state index >= 15 is 0 Å². The number of hydrogen-bond acceptors (Lipinski definition) is 6. The number of nitrogens with zero attached hydrogens (tertiary/aromatic N) is 4. The molecule has 0 saturated heterocycles. The fourth-order valence-electron chi connectivity index (χ4n) is 3.02. The molecule has 1 N–H and O–H groups in total. The Hall–Kier alpha value is -3.26. The number of hydrogen-bond donors (Lipinski definition) is 1. The van der Waals surface area contributed by atoms with E-state index in [1.54, 1.807) is 23.9 Å². The third-order valence-corrected chi connectivity index (χ3v) is 5.46. The molecule has 0 saturated carbocycles. The maximum Gasteiger partial charge on any atom is 0.257 e. The van der Waals surface area contributed by atoms with E-state index in [4.69, 9.17) is 4.42 Å². The molecule has 0 fully saturated rings. The van der Waals surface area contributed by atoms with E-state index in [2.05, 4.69) is 20.5 Å². The van der Waals surface area contributed by atoms with Gasteiger partial charge in [0.25, 0.3) is 5.89 Å². The number of aromatic nitrogens is 4. The van der Waals surface area contributed by atoms with Crippen molar-refractivity contribution in [1.82, 2.24) is 25.1 Å². The van der Waals surface area contributed by atoms with Crippen molar-refractivity contribution >= 4 is 17.2 Å². The first-order valence-electron chi connectivity index (χ1n) is 9.36. The zero-order valence-electron chi connectivity index (χ0n) is 16.0. The Morgan fingerprint density at radius 1 is 1.21 bits per heavy atom. The van der Waals surface area contributed by atoms with Crippen LogP contribution in [0.2, 0.25) is 0 Å². The van der Waals surface area contributed by atoms with Crippen LogP contribution in [0.3, 0.4) is 0 Å². The molecule has 1 aromatic carbocycles. The van der Waals surface area contributed by atoms with Crippen LogP contribution in [0.5, 0.6) is 0 Å². The van der Waals surface area contributed by atoms with Crippen LogP contribution >= 0.6 is 11.3 Å². The number of thiophene rings is 1. The van der Waals surface area contributed by atoms with Gasteiger partial charge in [-0.1, -0.05) is 30.3 Å². The zero-order chi connectivity index (χ0) is 20.1. The zero-order valence-corrected chi connectivity index (χ0v) is 16.8. The molecule has 0 unspecified atom stereocenters. The lowest BCUT2D eigenvalue weighted by molar-refractivity contribution is -0.122. The van der Waals surface area contributed by atoms with Gasteiger partial charge in [-0.2, -0.15) is 0 Å². The molecule has 29 heavy (non-hydrogen) atoms. The second-order valence-corrected chi connectivity index (χ2v) is 7.99. The highest BCUT2D eigenvalue weighted by Crippen LogP contribution is 2.26. The average molecular weight is 407 g/mol. The predicted octanol–water partition coefficient (Wildman–Crippen LogP) is 3.79. The van der Waals surface area contributed by atoms with Gasteiger partial charge in [0.2, 0.25) is 11.8 Å². The molecule has 0 radical (unpaired) electrons. The van der Waals surface area contributed by atoms with E-state index in [0.717, 1.165) is 10.4 Å². The number of carbonyl (C=O) groups is 1. The molecular formula is C21H21N5O2S. The molecule has 1 amide bonds. The molecule has 4 rings (SSSR count). The first kappa shape index (κ1) is 19.1. The van der Waals surface area contributed by atoms with Gasteiger partial charge in [-0.25, -0.2) is 4.98 Å². The van der Waals surface area contributed by atoms with Crippen LogP contribution in [0.15, 0.2) is 65.6 Å². The molecule has 148 valence electrons. The molecule has 0 aliphatic carbocycles. The smallest absolute Gasteiger partial charge is 0.257 e. The number of rotatable bonds is 8. The minimum Gasteiger partial charge on any atom is -0.420 e. The van der Waals surface area contributed by atoms with Crippen molar-refractivity contribution in [2.24, 2.45) is 0 Å². The highest BCUT2D eigenvalue weighted by molar-refractivity contribution is 7.15. The normalized spacial score (nSPS) is 12.0. The summed E-state index contributed by atoms with van der Waals surface area (Å²) in [6.45, 7) is 2.64. The van der Waals surface area contributed by atoms with E-state index in [-0.39, 0.29) is 18.4 Å². The highest BCUT2D eigenvalue weighted by Gasteiger charge is 2.17. The SMILES string of the molecule is Cc1ccc(-c2nnc(CCC(=O)N[C@H](Cn3ccnc3)c3ccccc3)o2)s1. The topological polar surface area (TPSA) is 85.8 Å². The Labute approximate surface area is 172 Å². The number of carbonyl (C=O) groups excluding carboxylic acids is 1. The maximum atomic E-state index is 12.6.